The molecule has 2 amide bonds. The maximum atomic E-state index is 12.3. The number of thiophene rings is 1. The molecule has 24 heavy (non-hydrogen) atoms. The van der Waals surface area contributed by atoms with Gasteiger partial charge in [-0.3, -0.25) is 14.4 Å². The number of carbonyl (C=O) groups excluding carboxylic acids is 2. The van der Waals surface area contributed by atoms with Crippen LogP contribution in [0.2, 0.25) is 0 Å². The maximum absolute atomic E-state index is 12.3. The fraction of sp³-hybridized carbons (Fsp3) is 0.588. The Morgan fingerprint density at radius 2 is 1.83 bits per heavy atom. The van der Waals surface area contributed by atoms with Crippen molar-refractivity contribution in [1.82, 2.24) is 0 Å². The number of aliphatic carboxylic acids is 1. The molecule has 0 saturated carbocycles. The highest BCUT2D eigenvalue weighted by atomic mass is 32.1. The molecule has 1 heterocycles. The van der Waals surface area contributed by atoms with Gasteiger partial charge in [0, 0.05) is 11.3 Å². The number of hydrogen-bond donors (Lipinski definition) is 3. The predicted octanol–water partition coefficient (Wildman–Crippen LogP) is 2.95. The number of carboxylic acids is 1. The largest absolute Gasteiger partial charge is 0.481 e. The average Bonchev–Trinajstić information content (AvgIpc) is 2.59. The fourth-order valence-electron chi connectivity index (χ4n) is 3.17. The van der Waals surface area contributed by atoms with Crippen LogP contribution in [0.25, 0.3) is 0 Å². The minimum Gasteiger partial charge on any atom is -0.481 e. The van der Waals surface area contributed by atoms with Crippen LogP contribution in [0.4, 0.5) is 5.00 Å². The summed E-state index contributed by atoms with van der Waals surface area (Å²) in [6.07, 6.45) is 4.91. The minimum absolute atomic E-state index is 0.0695. The Kier molecular flexibility index (Phi) is 5.64. The van der Waals surface area contributed by atoms with Gasteiger partial charge in [0.25, 0.3) is 5.91 Å². The number of primary amides is 1. The summed E-state index contributed by atoms with van der Waals surface area (Å²) in [5.41, 5.74) is 6.29. The summed E-state index contributed by atoms with van der Waals surface area (Å²) in [6.45, 7) is 3.47. The number of carboxylic acid groups (broad SMARTS) is 1. The second-order valence-corrected chi connectivity index (χ2v) is 8.20. The molecule has 2 rings (SSSR count). The number of nitrogens with two attached hydrogens (primary N) is 1. The van der Waals surface area contributed by atoms with Crippen molar-refractivity contribution in [2.45, 2.75) is 58.8 Å². The monoisotopic (exact) mass is 352 g/mol. The number of fused-ring (bicyclic) bond motifs is 1. The van der Waals surface area contributed by atoms with E-state index in [0.29, 0.717) is 10.6 Å². The highest BCUT2D eigenvalue weighted by Crippen LogP contribution is 2.37. The lowest BCUT2D eigenvalue weighted by Crippen LogP contribution is -2.25. The first-order valence-electron chi connectivity index (χ1n) is 8.15. The molecular formula is C17H24N2O4S. The van der Waals surface area contributed by atoms with E-state index in [4.69, 9.17) is 10.8 Å². The number of aryl methyl sites for hydroxylation is 1. The number of nitrogens with one attached hydrogen (secondary N) is 1. The number of amides is 2. The Labute approximate surface area is 145 Å². The van der Waals surface area contributed by atoms with Crippen molar-refractivity contribution < 1.29 is 19.5 Å². The van der Waals surface area contributed by atoms with Crippen LogP contribution in [0.5, 0.6) is 0 Å². The smallest absolute Gasteiger partial charge is 0.303 e. The zero-order chi connectivity index (χ0) is 17.9. The fourth-order valence-corrected chi connectivity index (χ4v) is 4.48. The number of anilines is 1. The molecule has 132 valence electrons. The molecule has 4 N–H and O–H groups in total. The van der Waals surface area contributed by atoms with E-state index in [9.17, 15) is 14.4 Å². The molecule has 1 aromatic heterocycles. The highest BCUT2D eigenvalue weighted by molar-refractivity contribution is 7.17. The first-order valence-corrected chi connectivity index (χ1v) is 8.97. The van der Waals surface area contributed by atoms with E-state index in [1.54, 1.807) is 13.8 Å². The van der Waals surface area contributed by atoms with Crippen LogP contribution in [0.3, 0.4) is 0 Å². The zero-order valence-electron chi connectivity index (χ0n) is 14.1. The summed E-state index contributed by atoms with van der Waals surface area (Å²) >= 11 is 1.42. The third kappa shape index (κ3) is 4.56. The van der Waals surface area contributed by atoms with Gasteiger partial charge in [-0.05, 0) is 36.7 Å². The van der Waals surface area contributed by atoms with Gasteiger partial charge in [-0.1, -0.05) is 20.3 Å². The third-order valence-corrected chi connectivity index (χ3v) is 5.40. The van der Waals surface area contributed by atoms with Crippen LogP contribution in [0.15, 0.2) is 0 Å². The predicted molar refractivity (Wildman–Crippen MR) is 93.4 cm³/mol. The Hall–Kier alpha value is -1.89. The Bertz CT molecular complexity index is 664. The summed E-state index contributed by atoms with van der Waals surface area (Å²) in [4.78, 5) is 36.2. The lowest BCUT2D eigenvalue weighted by atomic mass is 9.85. The molecule has 0 fully saturated rings. The molecular weight excluding hydrogens is 328 g/mol. The van der Waals surface area contributed by atoms with E-state index in [0.717, 1.165) is 42.5 Å². The molecule has 0 spiro atoms. The van der Waals surface area contributed by atoms with Crippen LogP contribution < -0.4 is 11.1 Å². The second-order valence-electron chi connectivity index (χ2n) is 7.09. The van der Waals surface area contributed by atoms with Gasteiger partial charge in [-0.25, -0.2) is 0 Å². The zero-order valence-corrected chi connectivity index (χ0v) is 14.9. The standard InChI is InChI=1S/C17H24N2O4S/c1-17(2,9-13(21)22)8-12(20)19-16-14(15(18)23)10-6-4-3-5-7-11(10)24-16/h3-9H2,1-2H3,(H2,18,23)(H,19,20)(H,21,22). The quantitative estimate of drug-likeness (QED) is 0.684. The second kappa shape index (κ2) is 7.34. The van der Waals surface area contributed by atoms with Crippen molar-refractivity contribution >= 4 is 34.1 Å². The summed E-state index contributed by atoms with van der Waals surface area (Å²) in [5.74, 6) is -1.75. The molecule has 0 saturated heterocycles. The number of carbonyl (C=O) groups is 3. The molecule has 7 heteroatoms. The van der Waals surface area contributed by atoms with E-state index < -0.39 is 17.3 Å². The van der Waals surface area contributed by atoms with Crippen LogP contribution >= 0.6 is 11.3 Å². The number of hydrogen-bond acceptors (Lipinski definition) is 4. The van der Waals surface area contributed by atoms with Gasteiger partial charge in [-0.2, -0.15) is 0 Å². The molecule has 0 radical (unpaired) electrons. The van der Waals surface area contributed by atoms with E-state index in [-0.39, 0.29) is 18.7 Å². The van der Waals surface area contributed by atoms with Crippen LogP contribution in [-0.4, -0.2) is 22.9 Å². The molecule has 0 bridgehead atoms. The third-order valence-electron chi connectivity index (χ3n) is 4.19. The summed E-state index contributed by atoms with van der Waals surface area (Å²) in [6, 6.07) is 0. The van der Waals surface area contributed by atoms with E-state index >= 15 is 0 Å². The molecule has 1 aromatic rings. The van der Waals surface area contributed by atoms with Crippen LogP contribution in [0.1, 0.15) is 66.8 Å². The van der Waals surface area contributed by atoms with E-state index in [1.165, 1.54) is 11.3 Å². The van der Waals surface area contributed by atoms with Crippen LogP contribution in [-0.2, 0) is 22.4 Å². The first-order chi connectivity index (χ1) is 11.2. The topological polar surface area (TPSA) is 109 Å². The van der Waals surface area contributed by atoms with Crippen molar-refractivity contribution in [3.8, 4) is 0 Å². The van der Waals surface area contributed by atoms with E-state index in [2.05, 4.69) is 5.32 Å². The average molecular weight is 352 g/mol. The van der Waals surface area contributed by atoms with Gasteiger partial charge < -0.3 is 16.2 Å². The van der Waals surface area contributed by atoms with Gasteiger partial charge in [0.05, 0.1) is 12.0 Å². The minimum atomic E-state index is -0.937. The molecule has 1 aliphatic carbocycles. The van der Waals surface area contributed by atoms with Crippen molar-refractivity contribution in [2.24, 2.45) is 11.1 Å². The lowest BCUT2D eigenvalue weighted by Gasteiger charge is -2.21. The molecule has 0 aromatic carbocycles. The summed E-state index contributed by atoms with van der Waals surface area (Å²) in [5, 5.41) is 12.2. The molecule has 0 aliphatic heterocycles. The van der Waals surface area contributed by atoms with Crippen molar-refractivity contribution in [1.29, 1.82) is 0 Å². The van der Waals surface area contributed by atoms with Crippen molar-refractivity contribution in [3.05, 3.63) is 16.0 Å². The Morgan fingerprint density at radius 3 is 2.46 bits per heavy atom. The Balaban J connectivity index is 2.19. The first kappa shape index (κ1) is 18.4. The van der Waals surface area contributed by atoms with Crippen LogP contribution in [0, 0.1) is 5.41 Å². The SMILES string of the molecule is CC(C)(CC(=O)O)CC(=O)Nc1sc2c(c1C(N)=O)CCCCC2. The van der Waals surface area contributed by atoms with Crippen molar-refractivity contribution in [3.63, 3.8) is 0 Å². The normalized spacial score (nSPS) is 14.6. The van der Waals surface area contributed by atoms with Gasteiger partial charge in [0.2, 0.25) is 5.91 Å². The maximum Gasteiger partial charge on any atom is 0.303 e. The molecule has 0 unspecified atom stereocenters. The molecule has 1 aliphatic rings. The Morgan fingerprint density at radius 1 is 1.17 bits per heavy atom. The van der Waals surface area contributed by atoms with Gasteiger partial charge in [0.15, 0.2) is 0 Å². The van der Waals surface area contributed by atoms with Crippen molar-refractivity contribution in [2.75, 3.05) is 5.32 Å². The van der Waals surface area contributed by atoms with Gasteiger partial charge in [-0.15, -0.1) is 11.3 Å². The summed E-state index contributed by atoms with van der Waals surface area (Å²) < 4.78 is 0. The number of rotatable bonds is 6. The van der Waals surface area contributed by atoms with Gasteiger partial charge in [0.1, 0.15) is 5.00 Å². The summed E-state index contributed by atoms with van der Waals surface area (Å²) in [7, 11) is 0. The van der Waals surface area contributed by atoms with Gasteiger partial charge >= 0.3 is 5.97 Å². The lowest BCUT2D eigenvalue weighted by molar-refractivity contribution is -0.139. The molecule has 6 nitrogen and oxygen atoms in total. The van der Waals surface area contributed by atoms with E-state index in [1.807, 2.05) is 0 Å². The highest BCUT2D eigenvalue weighted by Gasteiger charge is 2.28. The molecule has 0 atom stereocenters.